The van der Waals surface area contributed by atoms with Crippen molar-refractivity contribution in [1.29, 1.82) is 0 Å². The number of nitrogens with one attached hydrogen (secondary N) is 1. The van der Waals surface area contributed by atoms with Crippen molar-refractivity contribution >= 4 is 33.4 Å². The maximum atomic E-state index is 13.0. The van der Waals surface area contributed by atoms with Gasteiger partial charge in [-0.15, -0.1) is 11.3 Å². The van der Waals surface area contributed by atoms with Gasteiger partial charge < -0.3 is 10.4 Å². The van der Waals surface area contributed by atoms with Crippen LogP contribution >= 0.6 is 11.3 Å². The topological polar surface area (TPSA) is 79.3 Å². The molecule has 6 heteroatoms. The Kier molecular flexibility index (Phi) is 4.44. The maximum absolute atomic E-state index is 13.0. The van der Waals surface area contributed by atoms with Gasteiger partial charge in [-0.2, -0.15) is 0 Å². The third kappa shape index (κ3) is 3.32. The van der Waals surface area contributed by atoms with E-state index < -0.39 is 11.4 Å². The Bertz CT molecular complexity index is 1020. The molecule has 0 radical (unpaired) electrons. The number of fused-ring (bicyclic) bond motifs is 2. The number of nitrogens with zero attached hydrogens (tertiary/aromatic N) is 1. The Hall–Kier alpha value is -2.73. The molecule has 2 N–H and O–H groups in total. The summed E-state index contributed by atoms with van der Waals surface area (Å²) in [6.45, 7) is 2.33. The Morgan fingerprint density at radius 3 is 2.48 bits per heavy atom. The molecule has 5 nitrogen and oxygen atoms in total. The molecule has 0 saturated heterocycles. The summed E-state index contributed by atoms with van der Waals surface area (Å²) in [5, 5.41) is 13.2. The van der Waals surface area contributed by atoms with Crippen LogP contribution in [0.5, 0.6) is 0 Å². The molecule has 3 aromatic rings. The van der Waals surface area contributed by atoms with E-state index in [2.05, 4.69) is 10.3 Å². The summed E-state index contributed by atoms with van der Waals surface area (Å²) in [5.41, 5.74) is 3.26. The zero-order chi connectivity index (χ0) is 19.0. The van der Waals surface area contributed by atoms with Gasteiger partial charge in [0.15, 0.2) is 0 Å². The van der Waals surface area contributed by atoms with Gasteiger partial charge in [-0.05, 0) is 42.5 Å². The first-order chi connectivity index (χ1) is 13.0. The van der Waals surface area contributed by atoms with Crippen LogP contribution in [-0.4, -0.2) is 22.0 Å². The predicted octanol–water partition coefficient (Wildman–Crippen LogP) is 3.48. The van der Waals surface area contributed by atoms with Gasteiger partial charge in [-0.3, -0.25) is 9.59 Å². The fraction of sp³-hybridized carbons (Fsp3) is 0.286. The number of hydrogen-bond donors (Lipinski definition) is 2. The van der Waals surface area contributed by atoms with Gasteiger partial charge in [0.05, 0.1) is 28.6 Å². The number of rotatable bonds is 5. The highest BCUT2D eigenvalue weighted by molar-refractivity contribution is 7.18. The molecule has 27 heavy (non-hydrogen) atoms. The predicted molar refractivity (Wildman–Crippen MR) is 105 cm³/mol. The molecule has 1 amide bonds. The van der Waals surface area contributed by atoms with Crippen molar-refractivity contribution in [3.05, 3.63) is 64.2 Å². The monoisotopic (exact) mass is 380 g/mol. The minimum absolute atomic E-state index is 0.174. The van der Waals surface area contributed by atoms with E-state index in [1.807, 2.05) is 49.4 Å². The van der Waals surface area contributed by atoms with Crippen LogP contribution in [-0.2, 0) is 29.0 Å². The molecular formula is C21H20N2O3S. The van der Waals surface area contributed by atoms with Crippen molar-refractivity contribution in [3.63, 3.8) is 0 Å². The number of thiazole rings is 1. The lowest BCUT2D eigenvalue weighted by molar-refractivity contribution is -0.145. The molecule has 2 aromatic carbocycles. The van der Waals surface area contributed by atoms with Crippen molar-refractivity contribution in [3.8, 4) is 0 Å². The van der Waals surface area contributed by atoms with Crippen molar-refractivity contribution in [2.75, 3.05) is 0 Å². The number of benzene rings is 2. The smallest absolute Gasteiger partial charge is 0.304 e. The first-order valence-corrected chi connectivity index (χ1v) is 9.70. The SMILES string of the molecule is Cc1cccc2sc(CNC(=O)C3(CC(=O)O)Cc4ccccc4C3)nc12. The van der Waals surface area contributed by atoms with Gasteiger partial charge in [-0.25, -0.2) is 4.98 Å². The third-order valence-corrected chi connectivity index (χ3v) is 6.23. The van der Waals surface area contributed by atoms with Gasteiger partial charge >= 0.3 is 5.97 Å². The number of amides is 1. The van der Waals surface area contributed by atoms with Gasteiger partial charge in [0.25, 0.3) is 0 Å². The van der Waals surface area contributed by atoms with Crippen LogP contribution in [0.4, 0.5) is 0 Å². The molecule has 1 aromatic heterocycles. The number of carbonyl (C=O) groups is 2. The second kappa shape index (κ2) is 6.78. The van der Waals surface area contributed by atoms with Crippen LogP contribution in [0.15, 0.2) is 42.5 Å². The highest BCUT2D eigenvalue weighted by atomic mass is 32.1. The average Bonchev–Trinajstić information content (AvgIpc) is 3.21. The molecule has 0 unspecified atom stereocenters. The van der Waals surface area contributed by atoms with Crippen LogP contribution in [0.1, 0.15) is 28.1 Å². The normalized spacial score (nSPS) is 14.9. The fourth-order valence-electron chi connectivity index (χ4n) is 3.90. The number of aliphatic carboxylic acids is 1. The zero-order valence-corrected chi connectivity index (χ0v) is 15.8. The van der Waals surface area contributed by atoms with E-state index in [0.717, 1.165) is 31.9 Å². The maximum Gasteiger partial charge on any atom is 0.304 e. The van der Waals surface area contributed by atoms with E-state index >= 15 is 0 Å². The van der Waals surface area contributed by atoms with Crippen LogP contribution in [0.2, 0.25) is 0 Å². The van der Waals surface area contributed by atoms with Crippen molar-refractivity contribution < 1.29 is 14.7 Å². The van der Waals surface area contributed by atoms with Crippen LogP contribution < -0.4 is 5.32 Å². The lowest BCUT2D eigenvalue weighted by Gasteiger charge is -2.25. The van der Waals surface area contributed by atoms with E-state index in [-0.39, 0.29) is 12.3 Å². The van der Waals surface area contributed by atoms with E-state index in [9.17, 15) is 14.7 Å². The number of hydrogen-bond acceptors (Lipinski definition) is 4. The van der Waals surface area contributed by atoms with E-state index in [1.165, 1.54) is 0 Å². The highest BCUT2D eigenvalue weighted by Gasteiger charge is 2.45. The molecule has 0 spiro atoms. The van der Waals surface area contributed by atoms with Gasteiger partial charge in [-0.1, -0.05) is 36.4 Å². The molecule has 0 aliphatic heterocycles. The summed E-state index contributed by atoms with van der Waals surface area (Å²) < 4.78 is 1.09. The number of aryl methyl sites for hydroxylation is 1. The van der Waals surface area contributed by atoms with E-state index in [1.54, 1.807) is 11.3 Å². The summed E-state index contributed by atoms with van der Waals surface area (Å²) in [6, 6.07) is 13.8. The second-order valence-electron chi connectivity index (χ2n) is 7.19. The summed E-state index contributed by atoms with van der Waals surface area (Å²) in [5.74, 6) is -1.16. The molecule has 0 atom stereocenters. The van der Waals surface area contributed by atoms with Crippen LogP contribution in [0.3, 0.4) is 0 Å². The third-order valence-electron chi connectivity index (χ3n) is 5.21. The summed E-state index contributed by atoms with van der Waals surface area (Å²) in [4.78, 5) is 29.1. The second-order valence-corrected chi connectivity index (χ2v) is 8.30. The van der Waals surface area contributed by atoms with E-state index in [4.69, 9.17) is 0 Å². The van der Waals surface area contributed by atoms with Crippen molar-refractivity contribution in [2.45, 2.75) is 32.7 Å². The molecule has 1 aliphatic carbocycles. The molecule has 0 saturated carbocycles. The Morgan fingerprint density at radius 1 is 1.15 bits per heavy atom. The number of aromatic nitrogens is 1. The molecule has 0 fully saturated rings. The first kappa shape index (κ1) is 17.7. The first-order valence-electron chi connectivity index (χ1n) is 8.89. The largest absolute Gasteiger partial charge is 0.481 e. The fourth-order valence-corrected chi connectivity index (χ4v) is 4.89. The lowest BCUT2D eigenvalue weighted by atomic mass is 9.80. The number of carboxylic acid groups (broad SMARTS) is 1. The number of para-hydroxylation sites is 1. The van der Waals surface area contributed by atoms with Gasteiger partial charge in [0, 0.05) is 0 Å². The summed E-state index contributed by atoms with van der Waals surface area (Å²) in [7, 11) is 0. The van der Waals surface area contributed by atoms with Gasteiger partial charge in [0.2, 0.25) is 5.91 Å². The minimum Gasteiger partial charge on any atom is -0.481 e. The molecule has 0 bridgehead atoms. The van der Waals surface area contributed by atoms with Crippen LogP contribution in [0, 0.1) is 12.3 Å². The molecule has 138 valence electrons. The van der Waals surface area contributed by atoms with Crippen molar-refractivity contribution in [2.24, 2.45) is 5.41 Å². The molecule has 4 rings (SSSR count). The molecule has 1 aliphatic rings. The minimum atomic E-state index is -0.950. The molecule has 1 heterocycles. The Morgan fingerprint density at radius 2 is 1.85 bits per heavy atom. The van der Waals surface area contributed by atoms with Gasteiger partial charge in [0.1, 0.15) is 5.01 Å². The van der Waals surface area contributed by atoms with Crippen LogP contribution in [0.25, 0.3) is 10.2 Å². The van der Waals surface area contributed by atoms with Crippen molar-refractivity contribution in [1.82, 2.24) is 10.3 Å². The zero-order valence-electron chi connectivity index (χ0n) is 15.0. The molecular weight excluding hydrogens is 360 g/mol. The Balaban J connectivity index is 1.54. The van der Waals surface area contributed by atoms with E-state index in [0.29, 0.717) is 19.4 Å². The Labute approximate surface area is 161 Å². The summed E-state index contributed by atoms with van der Waals surface area (Å²) >= 11 is 1.55. The quantitative estimate of drug-likeness (QED) is 0.710. The highest BCUT2D eigenvalue weighted by Crippen LogP contribution is 2.40. The number of carboxylic acids is 1. The lowest BCUT2D eigenvalue weighted by Crippen LogP contribution is -2.43. The number of carbonyl (C=O) groups excluding carboxylic acids is 1. The average molecular weight is 380 g/mol. The summed E-state index contributed by atoms with van der Waals surface area (Å²) in [6.07, 6.45) is 0.743. The standard InChI is InChI=1S/C21H20N2O3S/c1-13-5-4-8-16-19(13)23-17(27-16)12-22-20(26)21(11-18(24)25)9-14-6-2-3-7-15(14)10-21/h2-8H,9-12H2,1H3,(H,22,26)(H,24,25).